The molecule has 0 spiro atoms. The molecule has 0 aliphatic heterocycles. The van der Waals surface area contributed by atoms with Gasteiger partial charge in [-0.3, -0.25) is 0 Å². The first-order chi connectivity index (χ1) is 10.4. The maximum Gasteiger partial charge on any atom is 0.214 e. The van der Waals surface area contributed by atoms with Gasteiger partial charge in [-0.2, -0.15) is 4.73 Å². The van der Waals surface area contributed by atoms with E-state index in [9.17, 15) is 5.21 Å². The number of hydrogen-bond donors (Lipinski definition) is 1. The Hall–Kier alpha value is -2.03. The van der Waals surface area contributed by atoms with E-state index in [-0.39, 0.29) is 6.04 Å². The van der Waals surface area contributed by atoms with Gasteiger partial charge in [0.1, 0.15) is 6.04 Å². The average molecular weight is 298 g/mol. The molecule has 1 unspecified atom stereocenters. The van der Waals surface area contributed by atoms with E-state index in [0.717, 1.165) is 10.4 Å². The largest absolute Gasteiger partial charge is 0.618 e. The minimum Gasteiger partial charge on any atom is -0.618 e. The third-order valence-corrected chi connectivity index (χ3v) is 4.03. The van der Waals surface area contributed by atoms with Crippen LogP contribution in [0.1, 0.15) is 69.3 Å². The monoisotopic (exact) mass is 298 g/mol. The van der Waals surface area contributed by atoms with Crippen LogP contribution in [0.15, 0.2) is 42.6 Å². The van der Waals surface area contributed by atoms with Crippen LogP contribution >= 0.6 is 0 Å². The fourth-order valence-corrected chi connectivity index (χ4v) is 2.78. The molecule has 2 aromatic rings. The molecule has 0 amide bonds. The Kier molecular flexibility index (Phi) is 5.07. The van der Waals surface area contributed by atoms with E-state index in [1.807, 2.05) is 19.1 Å². The van der Waals surface area contributed by atoms with Gasteiger partial charge in [0.25, 0.3) is 0 Å². The van der Waals surface area contributed by atoms with E-state index < -0.39 is 0 Å². The van der Waals surface area contributed by atoms with Crippen LogP contribution in [0.5, 0.6) is 0 Å². The van der Waals surface area contributed by atoms with E-state index >= 15 is 0 Å². The smallest absolute Gasteiger partial charge is 0.214 e. The number of rotatable bonds is 5. The summed E-state index contributed by atoms with van der Waals surface area (Å²) in [4.78, 5) is 0. The minimum absolute atomic E-state index is 0.0453. The maximum atomic E-state index is 12.0. The van der Waals surface area contributed by atoms with Crippen LogP contribution in [0.25, 0.3) is 0 Å². The summed E-state index contributed by atoms with van der Waals surface area (Å²) in [6.07, 6.45) is 1.55. The van der Waals surface area contributed by atoms with Crippen molar-refractivity contribution in [2.45, 2.75) is 52.5 Å². The quantitative estimate of drug-likeness (QED) is 0.639. The highest BCUT2D eigenvalue weighted by Crippen LogP contribution is 2.34. The van der Waals surface area contributed by atoms with E-state index in [1.165, 1.54) is 16.8 Å². The molecular formula is C19H26N2O. The number of para-hydroxylation sites is 1. The van der Waals surface area contributed by atoms with Gasteiger partial charge in [0, 0.05) is 17.8 Å². The normalized spacial score (nSPS) is 12.7. The standard InChI is InChI=1S/C19H26N2O/c1-13(2)16-9-8-10-17(14(3)4)19(16)20-15(5)18-11-6-7-12-21(18)22/h6-15,20H,1-5H3. The van der Waals surface area contributed by atoms with Crippen molar-refractivity contribution >= 4 is 5.69 Å². The van der Waals surface area contributed by atoms with Crippen molar-refractivity contribution in [2.24, 2.45) is 0 Å². The first kappa shape index (κ1) is 16.3. The molecule has 0 saturated heterocycles. The van der Waals surface area contributed by atoms with E-state index in [2.05, 4.69) is 51.2 Å². The van der Waals surface area contributed by atoms with Gasteiger partial charge < -0.3 is 10.5 Å². The Bertz CT molecular complexity index is 609. The number of aromatic nitrogens is 1. The van der Waals surface area contributed by atoms with Crippen molar-refractivity contribution in [3.63, 3.8) is 0 Å². The predicted octanol–water partition coefficient (Wildman–Crippen LogP) is 4.74. The molecule has 1 aromatic heterocycles. The molecule has 0 saturated carbocycles. The third-order valence-electron chi connectivity index (χ3n) is 4.03. The lowest BCUT2D eigenvalue weighted by atomic mass is 9.92. The highest BCUT2D eigenvalue weighted by molar-refractivity contribution is 5.60. The molecule has 0 fully saturated rings. The Morgan fingerprint density at radius 3 is 1.95 bits per heavy atom. The van der Waals surface area contributed by atoms with Crippen LogP contribution in [0.2, 0.25) is 0 Å². The molecule has 22 heavy (non-hydrogen) atoms. The molecule has 0 bridgehead atoms. The molecule has 0 radical (unpaired) electrons. The lowest BCUT2D eigenvalue weighted by Gasteiger charge is -2.23. The van der Waals surface area contributed by atoms with Gasteiger partial charge in [-0.1, -0.05) is 45.9 Å². The van der Waals surface area contributed by atoms with Crippen molar-refractivity contribution in [1.82, 2.24) is 0 Å². The van der Waals surface area contributed by atoms with Crippen molar-refractivity contribution < 1.29 is 4.73 Å². The van der Waals surface area contributed by atoms with Gasteiger partial charge in [-0.25, -0.2) is 0 Å². The van der Waals surface area contributed by atoms with Gasteiger partial charge in [-0.05, 0) is 36.0 Å². The summed E-state index contributed by atoms with van der Waals surface area (Å²) in [7, 11) is 0. The molecule has 1 N–H and O–H groups in total. The Labute approximate surface area is 133 Å². The SMILES string of the molecule is CC(C)c1cccc(C(C)C)c1NC(C)c1cccc[n+]1[O-]. The van der Waals surface area contributed by atoms with Crippen LogP contribution in [-0.4, -0.2) is 0 Å². The number of hydrogen-bond acceptors (Lipinski definition) is 2. The van der Waals surface area contributed by atoms with Gasteiger partial charge in [0.2, 0.25) is 5.69 Å². The van der Waals surface area contributed by atoms with Crippen LogP contribution in [0, 0.1) is 5.21 Å². The number of nitrogens with one attached hydrogen (secondary N) is 1. The lowest BCUT2D eigenvalue weighted by Crippen LogP contribution is -2.34. The van der Waals surface area contributed by atoms with Crippen LogP contribution in [0.4, 0.5) is 5.69 Å². The number of benzene rings is 1. The summed E-state index contributed by atoms with van der Waals surface area (Å²) in [5.41, 5.74) is 4.50. The topological polar surface area (TPSA) is 39.0 Å². The second-order valence-electron chi connectivity index (χ2n) is 6.44. The van der Waals surface area contributed by atoms with E-state index in [1.54, 1.807) is 12.3 Å². The molecule has 0 aliphatic rings. The second kappa shape index (κ2) is 6.82. The minimum atomic E-state index is -0.0453. The predicted molar refractivity (Wildman–Crippen MR) is 92.1 cm³/mol. The zero-order valence-corrected chi connectivity index (χ0v) is 14.1. The maximum absolute atomic E-state index is 12.0. The van der Waals surface area contributed by atoms with Crippen molar-refractivity contribution in [1.29, 1.82) is 0 Å². The summed E-state index contributed by atoms with van der Waals surface area (Å²) in [6, 6.07) is 11.9. The third kappa shape index (κ3) is 3.41. The van der Waals surface area contributed by atoms with Gasteiger partial charge in [-0.15, -0.1) is 0 Å². The molecular weight excluding hydrogens is 272 g/mol. The zero-order valence-electron chi connectivity index (χ0n) is 14.1. The van der Waals surface area contributed by atoms with Crippen molar-refractivity contribution in [3.05, 3.63) is 64.6 Å². The summed E-state index contributed by atoms with van der Waals surface area (Å²) in [5, 5.41) is 15.5. The van der Waals surface area contributed by atoms with Gasteiger partial charge in [0.05, 0.1) is 0 Å². The number of nitrogens with zero attached hydrogens (tertiary/aromatic N) is 1. The van der Waals surface area contributed by atoms with Gasteiger partial charge >= 0.3 is 0 Å². The molecule has 2 rings (SSSR count). The second-order valence-corrected chi connectivity index (χ2v) is 6.44. The summed E-state index contributed by atoms with van der Waals surface area (Å²) in [6.45, 7) is 10.8. The average Bonchev–Trinajstić information content (AvgIpc) is 2.47. The van der Waals surface area contributed by atoms with Crippen LogP contribution < -0.4 is 10.0 Å². The van der Waals surface area contributed by atoms with Crippen LogP contribution in [-0.2, 0) is 0 Å². The molecule has 3 heteroatoms. The first-order valence-corrected chi connectivity index (χ1v) is 7.99. The molecule has 3 nitrogen and oxygen atoms in total. The zero-order chi connectivity index (χ0) is 16.3. The summed E-state index contributed by atoms with van der Waals surface area (Å²) in [5.74, 6) is 0.868. The number of anilines is 1. The van der Waals surface area contributed by atoms with E-state index in [0.29, 0.717) is 11.8 Å². The molecule has 1 atom stereocenters. The Balaban J connectivity index is 2.41. The molecule has 118 valence electrons. The van der Waals surface area contributed by atoms with Crippen molar-refractivity contribution in [3.8, 4) is 0 Å². The summed E-state index contributed by atoms with van der Waals surface area (Å²) >= 11 is 0. The highest BCUT2D eigenvalue weighted by Gasteiger charge is 2.19. The molecule has 0 aliphatic carbocycles. The molecule has 1 aromatic carbocycles. The fraction of sp³-hybridized carbons (Fsp3) is 0.421. The Morgan fingerprint density at radius 2 is 1.45 bits per heavy atom. The summed E-state index contributed by atoms with van der Waals surface area (Å²) < 4.78 is 0.935. The first-order valence-electron chi connectivity index (χ1n) is 7.99. The molecule has 1 heterocycles. The fourth-order valence-electron chi connectivity index (χ4n) is 2.78. The Morgan fingerprint density at radius 1 is 0.864 bits per heavy atom. The van der Waals surface area contributed by atoms with Crippen LogP contribution in [0.3, 0.4) is 0 Å². The highest BCUT2D eigenvalue weighted by atomic mass is 16.5. The van der Waals surface area contributed by atoms with E-state index in [4.69, 9.17) is 0 Å². The van der Waals surface area contributed by atoms with Crippen molar-refractivity contribution in [2.75, 3.05) is 5.32 Å². The lowest BCUT2D eigenvalue weighted by molar-refractivity contribution is -0.615. The van der Waals surface area contributed by atoms with Gasteiger partial charge in [0.15, 0.2) is 6.20 Å². The number of pyridine rings is 1.